The minimum Gasteiger partial charge on any atom is -0.368 e. The molecule has 0 bridgehead atoms. The fourth-order valence-corrected chi connectivity index (χ4v) is 1.41. The maximum atomic E-state index is 12.3. The van der Waals surface area contributed by atoms with E-state index in [2.05, 4.69) is 9.97 Å². The second-order valence-corrected chi connectivity index (χ2v) is 3.69. The van der Waals surface area contributed by atoms with Crippen LogP contribution in [0.1, 0.15) is 23.1 Å². The van der Waals surface area contributed by atoms with Crippen LogP contribution in [0.4, 0.5) is 19.1 Å². The second kappa shape index (κ2) is 5.19. The molecule has 1 heterocycles. The average Bonchev–Trinajstić information content (AvgIpc) is 2.22. The number of nitrogens with two attached hydrogens (primary N) is 1. The molecule has 1 rings (SSSR count). The van der Waals surface area contributed by atoms with Crippen LogP contribution in [-0.2, 0) is 0 Å². The lowest BCUT2D eigenvalue weighted by Gasteiger charge is -2.21. The Labute approximate surface area is 102 Å². The van der Waals surface area contributed by atoms with Gasteiger partial charge in [0.15, 0.2) is 0 Å². The first-order valence-corrected chi connectivity index (χ1v) is 5.20. The number of hydrogen-bond acceptors (Lipinski definition) is 4. The molecule has 0 atom stereocenters. The van der Waals surface area contributed by atoms with Crippen LogP contribution in [0, 0.1) is 6.92 Å². The summed E-state index contributed by atoms with van der Waals surface area (Å²) in [6.45, 7) is 1.66. The van der Waals surface area contributed by atoms with Gasteiger partial charge in [-0.1, -0.05) is 0 Å². The van der Waals surface area contributed by atoms with Crippen molar-refractivity contribution in [1.29, 1.82) is 0 Å². The van der Waals surface area contributed by atoms with Crippen LogP contribution >= 0.6 is 0 Å². The quantitative estimate of drug-likeness (QED) is 0.893. The van der Waals surface area contributed by atoms with Crippen molar-refractivity contribution < 1.29 is 18.0 Å². The first-order chi connectivity index (χ1) is 8.23. The number of rotatable bonds is 3. The lowest BCUT2D eigenvalue weighted by molar-refractivity contribution is -0.140. The first kappa shape index (κ1) is 14.2. The molecule has 0 aromatic carbocycles. The topological polar surface area (TPSA) is 72.1 Å². The number of carbonyl (C=O) groups excluding carboxylic acids is 1. The summed E-state index contributed by atoms with van der Waals surface area (Å²) in [7, 11) is 0. The van der Waals surface area contributed by atoms with Gasteiger partial charge >= 0.3 is 6.18 Å². The summed E-state index contributed by atoms with van der Waals surface area (Å²) in [4.78, 5) is 19.9. The molecular formula is C10H13F3N4O. The van der Waals surface area contributed by atoms with Gasteiger partial charge < -0.3 is 10.6 Å². The minimum atomic E-state index is -4.45. The normalized spacial score (nSPS) is 11.4. The number of hydrogen-bond donors (Lipinski definition) is 1. The predicted octanol–water partition coefficient (Wildman–Crippen LogP) is 1.39. The van der Waals surface area contributed by atoms with Crippen LogP contribution in [0.15, 0.2) is 6.07 Å². The number of carbonyl (C=O) groups is 1. The Morgan fingerprint density at radius 2 is 2.06 bits per heavy atom. The third kappa shape index (κ3) is 3.86. The van der Waals surface area contributed by atoms with E-state index in [0.717, 1.165) is 0 Å². The van der Waals surface area contributed by atoms with E-state index >= 15 is 0 Å². The van der Waals surface area contributed by atoms with Gasteiger partial charge in [0.1, 0.15) is 12.2 Å². The molecule has 5 nitrogen and oxygen atoms in total. The molecule has 0 unspecified atom stereocenters. The molecule has 0 spiro atoms. The highest BCUT2D eigenvalue weighted by Crippen LogP contribution is 2.17. The number of nitrogen functional groups attached to an aromatic ring is 1. The number of aryl methyl sites for hydroxylation is 1. The lowest BCUT2D eigenvalue weighted by atomic mass is 10.3. The summed E-state index contributed by atoms with van der Waals surface area (Å²) < 4.78 is 36.8. The number of halogens is 3. The molecule has 100 valence electrons. The number of anilines is 1. The van der Waals surface area contributed by atoms with Crippen molar-refractivity contribution >= 4 is 11.9 Å². The Morgan fingerprint density at radius 3 is 2.50 bits per heavy atom. The number of amides is 1. The predicted molar refractivity (Wildman–Crippen MR) is 58.8 cm³/mol. The molecule has 1 amide bonds. The van der Waals surface area contributed by atoms with Crippen molar-refractivity contribution in [1.82, 2.24) is 14.9 Å². The summed E-state index contributed by atoms with van der Waals surface area (Å²) in [6.07, 6.45) is -4.45. The molecule has 1 aromatic heterocycles. The van der Waals surface area contributed by atoms with E-state index in [0.29, 0.717) is 10.6 Å². The molecule has 0 fully saturated rings. The molecule has 0 aliphatic heterocycles. The van der Waals surface area contributed by atoms with Gasteiger partial charge in [-0.25, -0.2) is 9.97 Å². The van der Waals surface area contributed by atoms with E-state index < -0.39 is 18.6 Å². The van der Waals surface area contributed by atoms with Gasteiger partial charge in [-0.3, -0.25) is 4.79 Å². The maximum absolute atomic E-state index is 12.3. The fraction of sp³-hybridized carbons (Fsp3) is 0.500. The Kier molecular flexibility index (Phi) is 4.10. The number of nitrogens with zero attached hydrogens (tertiary/aromatic N) is 3. The average molecular weight is 262 g/mol. The molecule has 0 aliphatic rings. The van der Waals surface area contributed by atoms with Crippen LogP contribution in [-0.4, -0.2) is 40.0 Å². The Balaban J connectivity index is 2.96. The zero-order valence-electron chi connectivity index (χ0n) is 9.95. The molecule has 18 heavy (non-hydrogen) atoms. The molecule has 0 radical (unpaired) electrons. The minimum absolute atomic E-state index is 0.0682. The highest BCUT2D eigenvalue weighted by Gasteiger charge is 2.33. The van der Waals surface area contributed by atoms with Crippen molar-refractivity contribution in [3.8, 4) is 0 Å². The van der Waals surface area contributed by atoms with Crippen LogP contribution in [0.2, 0.25) is 0 Å². The third-order valence-corrected chi connectivity index (χ3v) is 2.13. The van der Waals surface area contributed by atoms with Crippen molar-refractivity contribution in [3.05, 3.63) is 17.5 Å². The van der Waals surface area contributed by atoms with Crippen LogP contribution in [0.25, 0.3) is 0 Å². The van der Waals surface area contributed by atoms with Gasteiger partial charge in [-0.2, -0.15) is 13.2 Å². The molecule has 1 aromatic rings. The zero-order valence-corrected chi connectivity index (χ0v) is 9.95. The standard InChI is InChI=1S/C10H13F3N4O/c1-3-17(5-10(11,12)13)8(18)7-4-6(2)15-9(14)16-7/h4H,3,5H2,1-2H3,(H2,14,15,16). The van der Waals surface area contributed by atoms with Gasteiger partial charge in [-0.15, -0.1) is 0 Å². The van der Waals surface area contributed by atoms with E-state index in [-0.39, 0.29) is 18.2 Å². The highest BCUT2D eigenvalue weighted by molar-refractivity contribution is 5.92. The fourth-order valence-electron chi connectivity index (χ4n) is 1.41. The molecule has 8 heteroatoms. The number of aromatic nitrogens is 2. The van der Waals surface area contributed by atoms with E-state index in [1.54, 1.807) is 6.92 Å². The first-order valence-electron chi connectivity index (χ1n) is 5.20. The van der Waals surface area contributed by atoms with Crippen LogP contribution in [0.5, 0.6) is 0 Å². The van der Waals surface area contributed by atoms with Gasteiger partial charge in [0.05, 0.1) is 0 Å². The van der Waals surface area contributed by atoms with E-state index in [1.807, 2.05) is 0 Å². The Bertz CT molecular complexity index is 427. The third-order valence-electron chi connectivity index (χ3n) is 2.13. The van der Waals surface area contributed by atoms with Gasteiger partial charge in [0, 0.05) is 12.2 Å². The smallest absolute Gasteiger partial charge is 0.368 e. The lowest BCUT2D eigenvalue weighted by Crippen LogP contribution is -2.39. The maximum Gasteiger partial charge on any atom is 0.406 e. The van der Waals surface area contributed by atoms with E-state index in [4.69, 9.17) is 5.73 Å². The van der Waals surface area contributed by atoms with E-state index in [9.17, 15) is 18.0 Å². The number of alkyl halides is 3. The summed E-state index contributed by atoms with van der Waals surface area (Å²) in [5, 5.41) is 0. The molecule has 0 saturated carbocycles. The summed E-state index contributed by atoms with van der Waals surface area (Å²) >= 11 is 0. The van der Waals surface area contributed by atoms with Gasteiger partial charge in [-0.05, 0) is 19.9 Å². The summed E-state index contributed by atoms with van der Waals surface area (Å²) in [5.41, 5.74) is 5.64. The van der Waals surface area contributed by atoms with Crippen molar-refractivity contribution in [2.45, 2.75) is 20.0 Å². The SMILES string of the molecule is CCN(CC(F)(F)F)C(=O)c1cc(C)nc(N)n1. The molecule has 0 saturated heterocycles. The van der Waals surface area contributed by atoms with E-state index in [1.165, 1.54) is 13.0 Å². The summed E-state index contributed by atoms with van der Waals surface area (Å²) in [5.74, 6) is -0.951. The largest absolute Gasteiger partial charge is 0.406 e. The highest BCUT2D eigenvalue weighted by atomic mass is 19.4. The van der Waals surface area contributed by atoms with Crippen LogP contribution < -0.4 is 5.73 Å². The van der Waals surface area contributed by atoms with Crippen molar-refractivity contribution in [2.24, 2.45) is 0 Å². The molecule has 2 N–H and O–H groups in total. The van der Waals surface area contributed by atoms with Gasteiger partial charge in [0.2, 0.25) is 5.95 Å². The zero-order chi connectivity index (χ0) is 13.9. The molecule has 0 aliphatic carbocycles. The van der Waals surface area contributed by atoms with Gasteiger partial charge in [0.25, 0.3) is 5.91 Å². The van der Waals surface area contributed by atoms with Crippen LogP contribution in [0.3, 0.4) is 0 Å². The van der Waals surface area contributed by atoms with Crippen molar-refractivity contribution in [2.75, 3.05) is 18.8 Å². The molecular weight excluding hydrogens is 249 g/mol. The Hall–Kier alpha value is -1.86. The summed E-state index contributed by atoms with van der Waals surface area (Å²) in [6, 6.07) is 1.30. The van der Waals surface area contributed by atoms with Crippen molar-refractivity contribution in [3.63, 3.8) is 0 Å². The Morgan fingerprint density at radius 1 is 1.44 bits per heavy atom. The second-order valence-electron chi connectivity index (χ2n) is 3.69. The monoisotopic (exact) mass is 262 g/mol.